The van der Waals surface area contributed by atoms with Gasteiger partial charge in [-0.2, -0.15) is 0 Å². The van der Waals surface area contributed by atoms with E-state index < -0.39 is 0 Å². The van der Waals surface area contributed by atoms with Crippen LogP contribution in [0.2, 0.25) is 0 Å². The summed E-state index contributed by atoms with van der Waals surface area (Å²) in [6.07, 6.45) is 5.78. The van der Waals surface area contributed by atoms with Crippen LogP contribution >= 0.6 is 0 Å². The van der Waals surface area contributed by atoms with Gasteiger partial charge in [0.2, 0.25) is 0 Å². The Labute approximate surface area is 78.8 Å². The van der Waals surface area contributed by atoms with Gasteiger partial charge >= 0.3 is 0 Å². The number of hydrogen-bond donors (Lipinski definition) is 0. The molecular formula is C12H12N. The minimum atomic E-state index is 1.21. The molecule has 1 aliphatic heterocycles. The molecule has 0 aromatic heterocycles. The minimum Gasteiger partial charge on any atom is -0.264 e. The van der Waals surface area contributed by atoms with E-state index in [1.54, 1.807) is 0 Å². The lowest BCUT2D eigenvalue weighted by atomic mass is 9.98. The molecular weight excluding hydrogens is 158 g/mol. The number of allylic oxidation sites excluding steroid dienone is 2. The molecule has 0 spiro atoms. The maximum atomic E-state index is 4.07. The molecule has 1 radical (unpaired) electrons. The average molecular weight is 170 g/mol. The zero-order valence-corrected chi connectivity index (χ0v) is 7.91. The highest BCUT2D eigenvalue weighted by atomic mass is 14.8. The summed E-state index contributed by atoms with van der Waals surface area (Å²) in [7, 11) is 0. The van der Waals surface area contributed by atoms with Crippen LogP contribution in [0.25, 0.3) is 5.57 Å². The molecule has 0 aliphatic carbocycles. The second kappa shape index (κ2) is 3.09. The Bertz CT molecular complexity index is 386. The second-order valence-electron chi connectivity index (χ2n) is 3.30. The van der Waals surface area contributed by atoms with Crippen LogP contribution < -0.4 is 5.32 Å². The standard InChI is InChI=1S/C12H12N/c1-9-4-3-5-12(10(9)2)11-6-7-13-8-11/h3-8H,1-2H3. The van der Waals surface area contributed by atoms with E-state index in [-0.39, 0.29) is 0 Å². The summed E-state index contributed by atoms with van der Waals surface area (Å²) in [4.78, 5) is 0. The maximum Gasteiger partial charge on any atom is 0.0346 e. The fourth-order valence-electron chi connectivity index (χ4n) is 1.51. The first-order valence-corrected chi connectivity index (χ1v) is 4.42. The average Bonchev–Trinajstić information content (AvgIpc) is 2.62. The molecule has 0 atom stereocenters. The van der Waals surface area contributed by atoms with Crippen LogP contribution in [0.15, 0.2) is 36.7 Å². The molecule has 0 saturated carbocycles. The molecule has 1 aliphatic rings. The number of hydrogen-bond acceptors (Lipinski definition) is 0. The number of benzene rings is 1. The lowest BCUT2D eigenvalue weighted by Gasteiger charge is -2.06. The Morgan fingerprint density at radius 2 is 2.00 bits per heavy atom. The van der Waals surface area contributed by atoms with E-state index in [9.17, 15) is 0 Å². The van der Waals surface area contributed by atoms with Gasteiger partial charge in [0.05, 0.1) is 0 Å². The van der Waals surface area contributed by atoms with E-state index >= 15 is 0 Å². The topological polar surface area (TPSA) is 14.1 Å². The summed E-state index contributed by atoms with van der Waals surface area (Å²) in [6, 6.07) is 6.36. The predicted molar refractivity (Wildman–Crippen MR) is 55.2 cm³/mol. The summed E-state index contributed by atoms with van der Waals surface area (Å²) in [6.45, 7) is 4.28. The van der Waals surface area contributed by atoms with E-state index in [2.05, 4.69) is 37.4 Å². The van der Waals surface area contributed by atoms with Crippen molar-refractivity contribution in [2.45, 2.75) is 13.8 Å². The van der Waals surface area contributed by atoms with E-state index in [1.165, 1.54) is 22.3 Å². The van der Waals surface area contributed by atoms with Gasteiger partial charge in [-0.1, -0.05) is 18.2 Å². The number of nitrogens with zero attached hydrogens (tertiary/aromatic N) is 1. The molecule has 0 fully saturated rings. The molecule has 2 rings (SSSR count). The van der Waals surface area contributed by atoms with Gasteiger partial charge in [0.25, 0.3) is 0 Å². The van der Waals surface area contributed by atoms with Gasteiger partial charge in [-0.3, -0.25) is 5.32 Å². The largest absolute Gasteiger partial charge is 0.264 e. The van der Waals surface area contributed by atoms with Crippen LogP contribution in [0.1, 0.15) is 16.7 Å². The first-order chi connectivity index (χ1) is 6.29. The van der Waals surface area contributed by atoms with Crippen molar-refractivity contribution < 1.29 is 0 Å². The quantitative estimate of drug-likeness (QED) is 0.615. The van der Waals surface area contributed by atoms with E-state index in [4.69, 9.17) is 0 Å². The third-order valence-corrected chi connectivity index (χ3v) is 2.47. The monoisotopic (exact) mass is 170 g/mol. The Balaban J connectivity index is 2.51. The third-order valence-electron chi connectivity index (χ3n) is 2.47. The molecule has 13 heavy (non-hydrogen) atoms. The zero-order chi connectivity index (χ0) is 9.26. The molecule has 1 heterocycles. The molecule has 1 aromatic carbocycles. The van der Waals surface area contributed by atoms with Gasteiger partial charge in [0, 0.05) is 18.0 Å². The molecule has 0 unspecified atom stereocenters. The van der Waals surface area contributed by atoms with Crippen molar-refractivity contribution in [3.63, 3.8) is 0 Å². The van der Waals surface area contributed by atoms with Gasteiger partial charge in [-0.15, -0.1) is 0 Å². The molecule has 0 saturated heterocycles. The van der Waals surface area contributed by atoms with Gasteiger partial charge in [-0.05, 0) is 36.6 Å². The summed E-state index contributed by atoms with van der Waals surface area (Å²) in [5, 5.41) is 4.07. The molecule has 0 bridgehead atoms. The lowest BCUT2D eigenvalue weighted by molar-refractivity contribution is 1.21. The van der Waals surface area contributed by atoms with Crippen molar-refractivity contribution in [1.29, 1.82) is 0 Å². The van der Waals surface area contributed by atoms with Crippen LogP contribution in [-0.2, 0) is 0 Å². The smallest absolute Gasteiger partial charge is 0.0346 e. The van der Waals surface area contributed by atoms with Crippen LogP contribution in [-0.4, -0.2) is 0 Å². The molecule has 65 valence electrons. The summed E-state index contributed by atoms with van der Waals surface area (Å²) >= 11 is 0. The van der Waals surface area contributed by atoms with Gasteiger partial charge in [-0.25, -0.2) is 0 Å². The highest BCUT2D eigenvalue weighted by Gasteiger charge is 2.06. The molecule has 0 amide bonds. The predicted octanol–water partition coefficient (Wildman–Crippen LogP) is 2.78. The third kappa shape index (κ3) is 1.37. The second-order valence-corrected chi connectivity index (χ2v) is 3.30. The summed E-state index contributed by atoms with van der Waals surface area (Å²) in [5.41, 5.74) is 5.17. The van der Waals surface area contributed by atoms with Crippen LogP contribution in [0.3, 0.4) is 0 Å². The Morgan fingerprint density at radius 3 is 2.69 bits per heavy atom. The normalized spacial score (nSPS) is 14.2. The van der Waals surface area contributed by atoms with Crippen molar-refractivity contribution in [3.05, 3.63) is 53.4 Å². The van der Waals surface area contributed by atoms with Crippen molar-refractivity contribution in [3.8, 4) is 0 Å². The molecule has 1 heteroatoms. The fraction of sp³-hybridized carbons (Fsp3) is 0.167. The summed E-state index contributed by atoms with van der Waals surface area (Å²) in [5.74, 6) is 0. The minimum absolute atomic E-state index is 1.21. The van der Waals surface area contributed by atoms with Crippen molar-refractivity contribution in [2.75, 3.05) is 0 Å². The fourth-order valence-corrected chi connectivity index (χ4v) is 1.51. The lowest BCUT2D eigenvalue weighted by Crippen LogP contribution is -1.88. The van der Waals surface area contributed by atoms with Gasteiger partial charge in [0.1, 0.15) is 0 Å². The zero-order valence-electron chi connectivity index (χ0n) is 7.91. The van der Waals surface area contributed by atoms with Gasteiger partial charge < -0.3 is 0 Å². The molecule has 1 aromatic rings. The highest BCUT2D eigenvalue weighted by molar-refractivity contribution is 5.77. The highest BCUT2D eigenvalue weighted by Crippen LogP contribution is 2.23. The SMILES string of the molecule is Cc1cccc(C2=C[N]C=C2)c1C. The van der Waals surface area contributed by atoms with E-state index in [0.29, 0.717) is 0 Å². The number of aryl methyl sites for hydroxylation is 1. The Kier molecular flexibility index (Phi) is 1.93. The summed E-state index contributed by atoms with van der Waals surface area (Å²) < 4.78 is 0. The van der Waals surface area contributed by atoms with E-state index in [0.717, 1.165) is 0 Å². The van der Waals surface area contributed by atoms with Crippen LogP contribution in [0.4, 0.5) is 0 Å². The van der Waals surface area contributed by atoms with Gasteiger partial charge in [0.15, 0.2) is 0 Å². The van der Waals surface area contributed by atoms with Crippen molar-refractivity contribution in [2.24, 2.45) is 0 Å². The first-order valence-electron chi connectivity index (χ1n) is 4.42. The van der Waals surface area contributed by atoms with Crippen LogP contribution in [0, 0.1) is 13.8 Å². The van der Waals surface area contributed by atoms with Crippen LogP contribution in [0.5, 0.6) is 0 Å². The maximum absolute atomic E-state index is 4.07. The van der Waals surface area contributed by atoms with Crippen molar-refractivity contribution >= 4 is 5.57 Å². The van der Waals surface area contributed by atoms with Crippen molar-refractivity contribution in [1.82, 2.24) is 5.32 Å². The first kappa shape index (κ1) is 8.11. The Hall–Kier alpha value is -1.50. The number of rotatable bonds is 1. The molecule has 0 N–H and O–H groups in total. The van der Waals surface area contributed by atoms with E-state index in [1.807, 2.05) is 18.5 Å². The molecule has 1 nitrogen and oxygen atoms in total. The Morgan fingerprint density at radius 1 is 1.15 bits per heavy atom.